The first-order valence-corrected chi connectivity index (χ1v) is 8.52. The molecule has 0 saturated carbocycles. The van der Waals surface area contributed by atoms with E-state index < -0.39 is 9.84 Å². The molecule has 0 atom stereocenters. The third kappa shape index (κ3) is 6.06. The summed E-state index contributed by atoms with van der Waals surface area (Å²) < 4.78 is 28.1. The van der Waals surface area contributed by atoms with Crippen molar-refractivity contribution in [2.45, 2.75) is 31.1 Å². The minimum absolute atomic E-state index is 0.112. The van der Waals surface area contributed by atoms with Gasteiger partial charge in [-0.3, -0.25) is 4.79 Å². The summed E-state index contributed by atoms with van der Waals surface area (Å²) >= 11 is 0. The predicted octanol–water partition coefficient (Wildman–Crippen LogP) is 1.78. The van der Waals surface area contributed by atoms with Crippen molar-refractivity contribution in [2.24, 2.45) is 0 Å². The van der Waals surface area contributed by atoms with Crippen molar-refractivity contribution in [1.29, 1.82) is 0 Å². The van der Waals surface area contributed by atoms with Crippen LogP contribution in [0.4, 0.5) is 0 Å². The smallest absolute Gasteiger partial charge is 0.257 e. The Balaban J connectivity index is 2.44. The molecule has 6 heteroatoms. The van der Waals surface area contributed by atoms with Gasteiger partial charge < -0.3 is 10.1 Å². The maximum atomic E-state index is 11.5. The van der Waals surface area contributed by atoms with Crippen molar-refractivity contribution in [3.05, 3.63) is 24.3 Å². The van der Waals surface area contributed by atoms with Crippen LogP contribution in [0.15, 0.2) is 29.2 Å². The van der Waals surface area contributed by atoms with Gasteiger partial charge in [-0.2, -0.15) is 0 Å². The molecule has 5 nitrogen and oxygen atoms in total. The molecule has 1 aromatic rings. The van der Waals surface area contributed by atoms with E-state index in [1.165, 1.54) is 12.1 Å². The molecule has 0 aliphatic carbocycles. The normalized spacial score (nSPS) is 11.1. The van der Waals surface area contributed by atoms with Gasteiger partial charge in [0.25, 0.3) is 5.91 Å². The van der Waals surface area contributed by atoms with E-state index in [-0.39, 0.29) is 17.4 Å². The number of carbonyl (C=O) groups is 1. The number of rotatable bonds is 8. The van der Waals surface area contributed by atoms with Crippen molar-refractivity contribution in [3.63, 3.8) is 0 Å². The van der Waals surface area contributed by atoms with Crippen molar-refractivity contribution in [3.8, 4) is 5.75 Å². The fourth-order valence-electron chi connectivity index (χ4n) is 1.60. The van der Waals surface area contributed by atoms with Gasteiger partial charge in [-0.1, -0.05) is 25.8 Å². The molecule has 0 aromatic heterocycles. The van der Waals surface area contributed by atoms with Crippen LogP contribution >= 0.6 is 0 Å². The summed E-state index contributed by atoms with van der Waals surface area (Å²) in [4.78, 5) is 11.7. The van der Waals surface area contributed by atoms with Gasteiger partial charge in [0.15, 0.2) is 16.4 Å². The third-order valence-electron chi connectivity index (χ3n) is 2.71. The minimum atomic E-state index is -3.26. The van der Waals surface area contributed by atoms with Crippen LogP contribution in [0.1, 0.15) is 26.2 Å². The van der Waals surface area contributed by atoms with Crippen molar-refractivity contribution >= 4 is 15.7 Å². The van der Waals surface area contributed by atoms with Crippen LogP contribution in [-0.4, -0.2) is 33.7 Å². The molecule has 112 valence electrons. The fraction of sp³-hybridized carbons (Fsp3) is 0.500. The lowest BCUT2D eigenvalue weighted by Crippen LogP contribution is -2.29. The Morgan fingerprint density at radius 1 is 1.30 bits per heavy atom. The van der Waals surface area contributed by atoms with E-state index in [4.69, 9.17) is 4.74 Å². The van der Waals surface area contributed by atoms with Crippen LogP contribution in [0.5, 0.6) is 5.75 Å². The Kier molecular flexibility index (Phi) is 6.51. The van der Waals surface area contributed by atoms with Gasteiger partial charge in [0.05, 0.1) is 4.90 Å². The summed E-state index contributed by atoms with van der Waals surface area (Å²) in [7, 11) is -3.26. The molecule has 0 fully saturated rings. The maximum absolute atomic E-state index is 11.5. The van der Waals surface area contributed by atoms with Gasteiger partial charge in [0.1, 0.15) is 5.75 Å². The van der Waals surface area contributed by atoms with Gasteiger partial charge in [-0.05, 0) is 24.6 Å². The van der Waals surface area contributed by atoms with E-state index in [1.54, 1.807) is 12.1 Å². The molecule has 0 saturated heterocycles. The molecule has 1 rings (SSSR count). The Labute approximate surface area is 120 Å². The van der Waals surface area contributed by atoms with Gasteiger partial charge >= 0.3 is 0 Å². The first-order chi connectivity index (χ1) is 9.43. The molecular weight excluding hydrogens is 278 g/mol. The highest BCUT2D eigenvalue weighted by Crippen LogP contribution is 2.17. The van der Waals surface area contributed by atoms with E-state index in [1.807, 2.05) is 0 Å². The Hall–Kier alpha value is -1.56. The molecule has 0 spiro atoms. The highest BCUT2D eigenvalue weighted by Gasteiger charge is 2.08. The molecule has 0 radical (unpaired) electrons. The number of benzene rings is 1. The highest BCUT2D eigenvalue weighted by atomic mass is 32.2. The Bertz CT molecular complexity index is 540. The summed E-state index contributed by atoms with van der Waals surface area (Å²) in [5.41, 5.74) is 0. The first kappa shape index (κ1) is 16.5. The first-order valence-electron chi connectivity index (χ1n) is 6.63. The molecule has 20 heavy (non-hydrogen) atoms. The number of ether oxygens (including phenoxy) is 1. The second-order valence-electron chi connectivity index (χ2n) is 4.59. The van der Waals surface area contributed by atoms with E-state index in [2.05, 4.69) is 12.2 Å². The molecule has 0 heterocycles. The average Bonchev–Trinajstić information content (AvgIpc) is 2.41. The van der Waals surface area contributed by atoms with Crippen molar-refractivity contribution in [2.75, 3.05) is 19.4 Å². The zero-order valence-corrected chi connectivity index (χ0v) is 12.7. The van der Waals surface area contributed by atoms with Gasteiger partial charge in [-0.15, -0.1) is 0 Å². The van der Waals surface area contributed by atoms with Crippen molar-refractivity contribution < 1.29 is 17.9 Å². The lowest BCUT2D eigenvalue weighted by Gasteiger charge is -2.08. The number of hydrogen-bond donors (Lipinski definition) is 1. The van der Waals surface area contributed by atoms with Crippen LogP contribution in [0.2, 0.25) is 0 Å². The highest BCUT2D eigenvalue weighted by molar-refractivity contribution is 7.90. The van der Waals surface area contributed by atoms with E-state index in [9.17, 15) is 13.2 Å². The molecule has 0 unspecified atom stereocenters. The summed E-state index contributed by atoms with van der Waals surface area (Å²) in [6, 6.07) is 6.12. The quantitative estimate of drug-likeness (QED) is 0.743. The van der Waals surface area contributed by atoms with Crippen molar-refractivity contribution in [1.82, 2.24) is 5.32 Å². The molecule has 1 aromatic carbocycles. The van der Waals surface area contributed by atoms with Crippen LogP contribution in [0.25, 0.3) is 0 Å². The summed E-state index contributed by atoms with van der Waals surface area (Å²) in [5, 5.41) is 2.75. The lowest BCUT2D eigenvalue weighted by atomic mass is 10.2. The van der Waals surface area contributed by atoms with Gasteiger partial charge in [0, 0.05) is 12.8 Å². The SMILES string of the molecule is CCCCCNC(=O)COc1cccc(S(C)(=O)=O)c1. The number of unbranched alkanes of at least 4 members (excludes halogenated alkanes) is 2. The molecule has 1 amide bonds. The monoisotopic (exact) mass is 299 g/mol. The number of hydrogen-bond acceptors (Lipinski definition) is 4. The average molecular weight is 299 g/mol. The summed E-state index contributed by atoms with van der Waals surface area (Å²) in [6.45, 7) is 2.62. The van der Waals surface area contributed by atoms with E-state index in [0.29, 0.717) is 12.3 Å². The second kappa shape index (κ2) is 7.89. The minimum Gasteiger partial charge on any atom is -0.484 e. The van der Waals surface area contributed by atoms with Crippen LogP contribution in [-0.2, 0) is 14.6 Å². The van der Waals surface area contributed by atoms with Crippen LogP contribution < -0.4 is 10.1 Å². The molecule has 1 N–H and O–H groups in total. The maximum Gasteiger partial charge on any atom is 0.257 e. The van der Waals surface area contributed by atoms with E-state index in [0.717, 1.165) is 25.5 Å². The Morgan fingerprint density at radius 3 is 2.70 bits per heavy atom. The predicted molar refractivity (Wildman–Crippen MR) is 77.6 cm³/mol. The standard InChI is InChI=1S/C14H21NO4S/c1-3-4-5-9-15-14(16)11-19-12-7-6-8-13(10-12)20(2,17)18/h6-8,10H,3-5,9,11H2,1-2H3,(H,15,16). The molecule has 0 aliphatic rings. The summed E-state index contributed by atoms with van der Waals surface area (Å²) in [5.74, 6) is 0.169. The number of carbonyl (C=O) groups excluding carboxylic acids is 1. The summed E-state index contributed by atoms with van der Waals surface area (Å²) in [6.07, 6.45) is 4.26. The zero-order chi connectivity index (χ0) is 15.0. The molecule has 0 aliphatic heterocycles. The number of nitrogens with one attached hydrogen (secondary N) is 1. The topological polar surface area (TPSA) is 72.5 Å². The molecular formula is C14H21NO4S. The van der Waals surface area contributed by atoms with Crippen LogP contribution in [0.3, 0.4) is 0 Å². The lowest BCUT2D eigenvalue weighted by molar-refractivity contribution is -0.123. The van der Waals surface area contributed by atoms with Crippen LogP contribution in [0, 0.1) is 0 Å². The van der Waals surface area contributed by atoms with Gasteiger partial charge in [-0.25, -0.2) is 8.42 Å². The Morgan fingerprint density at radius 2 is 2.05 bits per heavy atom. The van der Waals surface area contributed by atoms with Gasteiger partial charge in [0.2, 0.25) is 0 Å². The van der Waals surface area contributed by atoms with E-state index >= 15 is 0 Å². The number of amides is 1. The molecule has 0 bridgehead atoms. The largest absolute Gasteiger partial charge is 0.484 e. The fourth-order valence-corrected chi connectivity index (χ4v) is 2.25. The second-order valence-corrected chi connectivity index (χ2v) is 6.61. The number of sulfone groups is 1. The zero-order valence-electron chi connectivity index (χ0n) is 11.9. The third-order valence-corrected chi connectivity index (χ3v) is 3.82.